The zero-order valence-electron chi connectivity index (χ0n) is 70.1. The molecular weight excluding hydrogens is 1580 g/mol. The maximum Gasteiger partial charge on any atom is 0.248 e. The second-order valence-electron chi connectivity index (χ2n) is 29.8. The van der Waals surface area contributed by atoms with E-state index in [9.17, 15) is 9.59 Å². The predicted octanol–water partition coefficient (Wildman–Crippen LogP) is 13.8. The molecule has 0 saturated carbocycles. The van der Waals surface area contributed by atoms with E-state index < -0.39 is 11.8 Å². The quantitative estimate of drug-likeness (QED) is 0.0806. The molecule has 30 heteroatoms. The van der Waals surface area contributed by atoms with Crippen LogP contribution in [-0.2, 0) is 51.9 Å². The van der Waals surface area contributed by atoms with Crippen molar-refractivity contribution in [1.82, 2.24) is 39.9 Å². The maximum absolute atomic E-state index is 11.6. The summed E-state index contributed by atoms with van der Waals surface area (Å²) < 4.78 is 77.3. The lowest BCUT2D eigenvalue weighted by atomic mass is 9.94. The molecule has 124 heavy (non-hydrogen) atoms. The molecule has 20 rings (SSSR count). The minimum atomic E-state index is -0.432. The lowest BCUT2D eigenvalue weighted by molar-refractivity contribution is 0.0991. The van der Waals surface area contributed by atoms with E-state index >= 15 is 0 Å². The minimum absolute atomic E-state index is 0.136. The van der Waals surface area contributed by atoms with Gasteiger partial charge in [0, 0.05) is 63.5 Å². The first kappa shape index (κ1) is 81.3. The van der Waals surface area contributed by atoms with E-state index in [4.69, 9.17) is 77.8 Å². The molecule has 0 saturated heterocycles. The predicted molar refractivity (Wildman–Crippen MR) is 469 cm³/mol. The van der Waals surface area contributed by atoms with Gasteiger partial charge in [-0.05, 0) is 165 Å². The maximum atomic E-state index is 11.6. The number of hydrogen-bond donors (Lipinski definition) is 2. The number of hydrogen-bond acceptors (Lipinski definition) is 28. The molecule has 6 aliphatic rings. The van der Waals surface area contributed by atoms with Crippen LogP contribution in [0.2, 0.25) is 0 Å². The van der Waals surface area contributed by atoms with Crippen LogP contribution < -0.4 is 97.4 Å². The smallest absolute Gasteiger partial charge is 0.248 e. The van der Waals surface area contributed by atoms with Gasteiger partial charge in [0.1, 0.15) is 82.1 Å². The highest BCUT2D eigenvalue weighted by atomic mass is 16.7. The molecule has 14 aromatic rings. The largest absolute Gasteiger partial charge is 0.497 e. The van der Waals surface area contributed by atoms with E-state index in [0.29, 0.717) is 110 Å². The first-order valence-electron chi connectivity index (χ1n) is 40.1. The number of ether oxygens (including phenoxy) is 14. The summed E-state index contributed by atoms with van der Waals surface area (Å²) in [4.78, 5) is 68.1. The number of fused-ring (bicyclic) bond motifs is 12. The van der Waals surface area contributed by atoms with Crippen molar-refractivity contribution in [3.8, 4) is 103 Å². The number of benzene rings is 10. The SMILES string of the molecule is COc1cc2c(N3CCc4ccc(C(N)=O)cc4C3)ncnc2c(OC)c1OC.COc1cc2c(N3CCc4ccc(C(N)=O)cc4C3)ncnc2c2c1OCO2.COc1ccc(-c2ccc3c(c2)CCN(c2ncnc4c(OC)c(OC)c(OC)cc24)C3)cc1.COc1ccc(-c2ccc3c(c2)CCN(c2ncnc4c5c(c(OC)cc24)OCO5)C3)cc1. The monoisotopic (exact) mass is 1670 g/mol. The number of anilines is 4. The summed E-state index contributed by atoms with van der Waals surface area (Å²) in [6.07, 6.45) is 9.76. The molecule has 0 atom stereocenters. The van der Waals surface area contributed by atoms with Crippen LogP contribution in [0.3, 0.4) is 0 Å². The van der Waals surface area contributed by atoms with Gasteiger partial charge < -0.3 is 97.4 Å². The number of nitrogens with zero attached hydrogens (tertiary/aromatic N) is 12. The molecule has 0 aliphatic carbocycles. The van der Waals surface area contributed by atoms with Crippen LogP contribution in [0, 0.1) is 0 Å². The van der Waals surface area contributed by atoms with Crippen LogP contribution in [0.25, 0.3) is 65.9 Å². The lowest BCUT2D eigenvalue weighted by Crippen LogP contribution is -2.31. The molecule has 0 radical (unpaired) electrons. The van der Waals surface area contributed by atoms with Gasteiger partial charge in [0.15, 0.2) is 46.0 Å². The molecule has 0 fully saturated rings. The van der Waals surface area contributed by atoms with Crippen LogP contribution >= 0.6 is 0 Å². The molecule has 0 spiro atoms. The Labute approximate surface area is 714 Å². The Kier molecular flexibility index (Phi) is 23.1. The first-order valence-corrected chi connectivity index (χ1v) is 40.1. The highest BCUT2D eigenvalue weighted by Crippen LogP contribution is 2.51. The van der Waals surface area contributed by atoms with Gasteiger partial charge in [-0.3, -0.25) is 9.59 Å². The molecule has 6 aliphatic heterocycles. The van der Waals surface area contributed by atoms with Crippen LogP contribution in [0.4, 0.5) is 23.3 Å². The van der Waals surface area contributed by atoms with Crippen molar-refractivity contribution in [2.45, 2.75) is 51.9 Å². The van der Waals surface area contributed by atoms with Gasteiger partial charge in [0.25, 0.3) is 0 Å². The second kappa shape index (κ2) is 35.3. The summed E-state index contributed by atoms with van der Waals surface area (Å²) in [7, 11) is 16.1. The number of carbonyl (C=O) groups excluding carboxylic acids is 2. The highest BCUT2D eigenvalue weighted by Gasteiger charge is 2.33. The number of primary amides is 2. The summed E-state index contributed by atoms with van der Waals surface area (Å²) in [6, 6.07) is 48.6. The van der Waals surface area contributed by atoms with Gasteiger partial charge in [-0.1, -0.05) is 72.8 Å². The fraction of sp³-hybridized carbons (Fsp3) is 0.255. The Balaban J connectivity index is 0.000000117. The lowest BCUT2D eigenvalue weighted by Gasteiger charge is -2.31. The Morgan fingerprint density at radius 3 is 0.935 bits per heavy atom. The summed E-state index contributed by atoms with van der Waals surface area (Å²) >= 11 is 0. The molecule has 10 aromatic carbocycles. The molecule has 4 N–H and O–H groups in total. The average Bonchev–Trinajstić information content (AvgIpc) is 1.31. The van der Waals surface area contributed by atoms with Crippen molar-refractivity contribution in [1.29, 1.82) is 0 Å². The van der Waals surface area contributed by atoms with Crippen molar-refractivity contribution in [2.24, 2.45) is 11.5 Å². The molecule has 4 aromatic heterocycles. The Morgan fingerprint density at radius 1 is 0.290 bits per heavy atom. The first-order chi connectivity index (χ1) is 60.6. The number of aromatic nitrogens is 8. The number of nitrogens with two attached hydrogens (primary N) is 2. The van der Waals surface area contributed by atoms with Gasteiger partial charge in [-0.15, -0.1) is 0 Å². The van der Waals surface area contributed by atoms with Gasteiger partial charge >= 0.3 is 0 Å². The van der Waals surface area contributed by atoms with E-state index in [1.807, 2.05) is 72.8 Å². The van der Waals surface area contributed by atoms with Crippen molar-refractivity contribution < 1.29 is 75.9 Å². The van der Waals surface area contributed by atoms with Gasteiger partial charge in [-0.2, -0.15) is 0 Å². The van der Waals surface area contributed by atoms with Crippen molar-refractivity contribution in [2.75, 3.05) is 130 Å². The van der Waals surface area contributed by atoms with E-state index in [1.165, 1.54) is 68.3 Å². The number of rotatable bonds is 18. The Morgan fingerprint density at radius 2 is 0.597 bits per heavy atom. The zero-order valence-corrected chi connectivity index (χ0v) is 70.1. The standard InChI is InChI=1S/C27H27N3O4.C26H23N3O4.C21H22N4O4.C20H18N4O4/c1-31-21-9-7-17(8-10-21)18-5-6-20-15-30(12-11-19(20)13-18)27-22-14-23(32-2)25(33-3)26(34-4)24(22)28-16-29-27;1-30-20-7-5-16(6-8-20)17-3-4-19-13-29(10-9-18(19)11-17)26-21-12-22(31-2)24-25(33-15-32-24)23(21)27-14-28-26;1-27-16-9-15-17(19(29-3)18(16)28-2)23-11-24-21(15)25-7-6-12-4-5-13(20(22)26)8-14(12)10-25;1-26-15-7-14-16(18-17(15)27-10-28-18)22-9-23-20(14)24-5-4-11-2-3-12(19(21)25)6-13(11)8-24/h5-10,13-14,16H,11-12,15H2,1-4H3;3-8,11-12,14H,9-10,13,15H2,1-2H3;4-5,8-9,11H,6-7,10H2,1-3H3,(H2,22,26);2-3,6-7,9H,4-5,8,10H2,1H3,(H2,21,25). The number of methoxy groups -OCH3 is 10. The Bertz CT molecular complexity index is 6440. The number of amides is 2. The van der Waals surface area contributed by atoms with Crippen molar-refractivity contribution >= 4 is 78.7 Å². The van der Waals surface area contributed by atoms with E-state index in [-0.39, 0.29) is 13.6 Å². The van der Waals surface area contributed by atoms with Gasteiger partial charge in [0.2, 0.25) is 48.4 Å². The van der Waals surface area contributed by atoms with Crippen molar-refractivity contribution in [3.05, 3.63) is 227 Å². The topological polar surface area (TPSA) is 331 Å². The summed E-state index contributed by atoms with van der Waals surface area (Å²) in [5, 5.41) is 3.40. The van der Waals surface area contributed by atoms with Gasteiger partial charge in [-0.25, -0.2) is 39.9 Å². The molecule has 0 unspecified atom stereocenters. The summed E-state index contributed by atoms with van der Waals surface area (Å²) in [6.45, 7) is 6.37. The molecule has 30 nitrogen and oxygen atoms in total. The molecule has 0 bridgehead atoms. The summed E-state index contributed by atoms with van der Waals surface area (Å²) in [5.41, 5.74) is 29.4. The fourth-order valence-corrected chi connectivity index (χ4v) is 16.9. The third kappa shape index (κ3) is 15.6. The van der Waals surface area contributed by atoms with E-state index in [2.05, 4.69) is 120 Å². The number of carbonyl (C=O) groups is 2. The normalized spacial score (nSPS) is 13.8. The molecule has 2 amide bonds. The third-order valence-electron chi connectivity index (χ3n) is 23.1. The minimum Gasteiger partial charge on any atom is -0.497 e. The van der Waals surface area contributed by atoms with E-state index in [1.54, 1.807) is 95.9 Å². The Hall–Kier alpha value is -15.1. The zero-order chi connectivity index (χ0) is 85.8. The van der Waals surface area contributed by atoms with Crippen LogP contribution in [0.15, 0.2) is 171 Å². The molecule has 10 heterocycles. The molecular formula is C94H90N14O16. The van der Waals surface area contributed by atoms with Crippen LogP contribution in [0.1, 0.15) is 65.2 Å². The second-order valence-corrected chi connectivity index (χ2v) is 29.8. The highest BCUT2D eigenvalue weighted by molar-refractivity contribution is 6.01. The molecule has 632 valence electrons. The van der Waals surface area contributed by atoms with E-state index in [0.717, 1.165) is 138 Å². The van der Waals surface area contributed by atoms with Crippen LogP contribution in [0.5, 0.6) is 80.5 Å². The fourth-order valence-electron chi connectivity index (χ4n) is 16.9. The van der Waals surface area contributed by atoms with Crippen LogP contribution in [-0.4, -0.2) is 163 Å². The average molecular weight is 1670 g/mol. The van der Waals surface area contributed by atoms with Gasteiger partial charge in [0.05, 0.1) is 92.6 Å². The summed E-state index contributed by atoms with van der Waals surface area (Å²) in [5.74, 6) is 10.9. The third-order valence-corrected chi connectivity index (χ3v) is 23.1. The van der Waals surface area contributed by atoms with Crippen molar-refractivity contribution in [3.63, 3.8) is 0 Å².